The minimum Gasteiger partial charge on any atom is -0.348 e. The third-order valence-corrected chi connectivity index (χ3v) is 4.25. The molecule has 1 saturated carbocycles. The average Bonchev–Trinajstić information content (AvgIpc) is 3.23. The molecule has 24 heavy (non-hydrogen) atoms. The lowest BCUT2D eigenvalue weighted by Gasteiger charge is -2.17. The summed E-state index contributed by atoms with van der Waals surface area (Å²) in [6, 6.07) is 2.18. The summed E-state index contributed by atoms with van der Waals surface area (Å²) < 4.78 is 1.87. The number of pyridine rings is 1. The summed E-state index contributed by atoms with van der Waals surface area (Å²) in [5, 5.41) is 8.29. The second-order valence-corrected chi connectivity index (χ2v) is 6.37. The van der Waals surface area contributed by atoms with E-state index in [2.05, 4.69) is 29.2 Å². The fraction of sp³-hybridized carbons (Fsp3) is 0.562. The van der Waals surface area contributed by atoms with Gasteiger partial charge in [-0.2, -0.15) is 5.10 Å². The predicted molar refractivity (Wildman–Crippen MR) is 100 cm³/mol. The quantitative estimate of drug-likeness (QED) is 0.843. The third kappa shape index (κ3) is 3.99. The van der Waals surface area contributed by atoms with Crippen LogP contribution in [-0.2, 0) is 0 Å². The summed E-state index contributed by atoms with van der Waals surface area (Å²) >= 11 is 0. The first-order valence-corrected chi connectivity index (χ1v) is 7.87. The van der Waals surface area contributed by atoms with Crippen molar-refractivity contribution in [1.29, 1.82) is 0 Å². The third-order valence-electron chi connectivity index (χ3n) is 4.25. The van der Waals surface area contributed by atoms with Gasteiger partial charge in [-0.1, -0.05) is 0 Å². The molecule has 0 spiro atoms. The van der Waals surface area contributed by atoms with Crippen molar-refractivity contribution in [2.24, 2.45) is 11.7 Å². The highest BCUT2D eigenvalue weighted by Gasteiger charge is 2.31. The molecule has 2 aromatic rings. The Morgan fingerprint density at radius 2 is 2.08 bits per heavy atom. The van der Waals surface area contributed by atoms with E-state index in [1.54, 1.807) is 6.20 Å². The molecule has 0 radical (unpaired) electrons. The monoisotopic (exact) mass is 373 g/mol. The summed E-state index contributed by atoms with van der Waals surface area (Å²) in [6.07, 6.45) is 4.07. The first-order valence-electron chi connectivity index (χ1n) is 7.87. The predicted octanol–water partition coefficient (Wildman–Crippen LogP) is 2.63. The second-order valence-electron chi connectivity index (χ2n) is 6.37. The zero-order valence-electron chi connectivity index (χ0n) is 14.2. The maximum Gasteiger partial charge on any atom is 0.253 e. The van der Waals surface area contributed by atoms with Crippen molar-refractivity contribution in [3.8, 4) is 0 Å². The molecule has 0 bridgehead atoms. The van der Waals surface area contributed by atoms with Gasteiger partial charge in [0.1, 0.15) is 0 Å². The van der Waals surface area contributed by atoms with Gasteiger partial charge >= 0.3 is 0 Å². The van der Waals surface area contributed by atoms with Crippen molar-refractivity contribution >= 4 is 41.8 Å². The summed E-state index contributed by atoms with van der Waals surface area (Å²) in [4.78, 5) is 17.1. The van der Waals surface area contributed by atoms with E-state index in [9.17, 15) is 4.79 Å². The van der Waals surface area contributed by atoms with E-state index in [0.29, 0.717) is 18.0 Å². The molecule has 1 aliphatic carbocycles. The number of nitrogens with two attached hydrogens (primary N) is 1. The van der Waals surface area contributed by atoms with Gasteiger partial charge in [-0.3, -0.25) is 4.79 Å². The summed E-state index contributed by atoms with van der Waals surface area (Å²) in [6.45, 7) is 6.47. The molecule has 3 N–H and O–H groups in total. The molecule has 6 nitrogen and oxygen atoms in total. The van der Waals surface area contributed by atoms with Crippen molar-refractivity contribution in [1.82, 2.24) is 20.1 Å². The van der Waals surface area contributed by atoms with Crippen molar-refractivity contribution in [2.45, 2.75) is 45.7 Å². The molecular weight excluding hydrogens is 349 g/mol. The van der Waals surface area contributed by atoms with Gasteiger partial charge in [-0.15, -0.1) is 24.8 Å². The minimum absolute atomic E-state index is 0. The highest BCUT2D eigenvalue weighted by Crippen LogP contribution is 2.32. The smallest absolute Gasteiger partial charge is 0.253 e. The van der Waals surface area contributed by atoms with Crippen LogP contribution in [0, 0.1) is 12.8 Å². The number of aryl methyl sites for hydroxylation is 1. The van der Waals surface area contributed by atoms with Gasteiger partial charge in [-0.05, 0) is 45.6 Å². The summed E-state index contributed by atoms with van der Waals surface area (Å²) in [7, 11) is 0. The molecule has 1 aliphatic rings. The van der Waals surface area contributed by atoms with Crippen LogP contribution >= 0.6 is 24.8 Å². The van der Waals surface area contributed by atoms with Crippen molar-refractivity contribution in [3.05, 3.63) is 23.5 Å². The van der Waals surface area contributed by atoms with E-state index in [1.165, 1.54) is 0 Å². The van der Waals surface area contributed by atoms with E-state index >= 15 is 0 Å². The lowest BCUT2D eigenvalue weighted by Crippen LogP contribution is -2.42. The molecule has 134 valence electrons. The highest BCUT2D eigenvalue weighted by molar-refractivity contribution is 5.98. The van der Waals surface area contributed by atoms with Crippen LogP contribution in [0.4, 0.5) is 0 Å². The number of halogens is 2. The first-order chi connectivity index (χ1) is 10.5. The summed E-state index contributed by atoms with van der Waals surface area (Å²) in [5.41, 5.74) is 7.91. The van der Waals surface area contributed by atoms with Crippen LogP contribution in [0.1, 0.15) is 48.8 Å². The molecule has 0 saturated heterocycles. The van der Waals surface area contributed by atoms with E-state index in [0.717, 1.165) is 29.6 Å². The SMILES string of the molecule is Cc1nc2c(cnn2C(C)C)cc1C(=O)NC(CN)C1CC1.Cl.Cl. The Balaban J connectivity index is 0.00000144. The molecule has 1 atom stereocenters. The van der Waals surface area contributed by atoms with Crippen molar-refractivity contribution in [2.75, 3.05) is 6.54 Å². The van der Waals surface area contributed by atoms with Gasteiger partial charge in [0.05, 0.1) is 17.5 Å². The van der Waals surface area contributed by atoms with Crippen LogP contribution in [0.2, 0.25) is 0 Å². The average molecular weight is 374 g/mol. The maximum absolute atomic E-state index is 12.5. The van der Waals surface area contributed by atoms with Gasteiger partial charge in [0, 0.05) is 24.0 Å². The fourth-order valence-corrected chi connectivity index (χ4v) is 2.79. The standard InChI is InChI=1S/C16H23N5O.2ClH/c1-9(2)21-15-12(8-18-21)6-13(10(3)19-15)16(22)20-14(7-17)11-4-5-11;;/h6,8-9,11,14H,4-5,7,17H2,1-3H3,(H,20,22);2*1H. The van der Waals surface area contributed by atoms with Crippen LogP contribution in [0.15, 0.2) is 12.3 Å². The Hall–Kier alpha value is -1.37. The molecule has 2 aromatic heterocycles. The molecule has 3 rings (SSSR count). The molecule has 2 heterocycles. The maximum atomic E-state index is 12.5. The number of nitrogens with one attached hydrogen (secondary N) is 1. The molecule has 1 fully saturated rings. The summed E-state index contributed by atoms with van der Waals surface area (Å²) in [5.74, 6) is 0.446. The van der Waals surface area contributed by atoms with Crippen molar-refractivity contribution < 1.29 is 4.79 Å². The number of aromatic nitrogens is 3. The molecule has 1 amide bonds. The lowest BCUT2D eigenvalue weighted by atomic mass is 10.1. The number of fused-ring (bicyclic) bond motifs is 1. The lowest BCUT2D eigenvalue weighted by molar-refractivity contribution is 0.0932. The first kappa shape index (κ1) is 20.7. The largest absolute Gasteiger partial charge is 0.348 e. The Labute approximate surface area is 154 Å². The van der Waals surface area contributed by atoms with Gasteiger partial charge in [0.2, 0.25) is 0 Å². The van der Waals surface area contributed by atoms with E-state index in [-0.39, 0.29) is 42.8 Å². The number of carbonyl (C=O) groups excluding carboxylic acids is 1. The topological polar surface area (TPSA) is 85.8 Å². The van der Waals surface area contributed by atoms with Gasteiger partial charge < -0.3 is 11.1 Å². The number of hydrogen-bond acceptors (Lipinski definition) is 4. The fourth-order valence-electron chi connectivity index (χ4n) is 2.79. The molecule has 0 aromatic carbocycles. The Morgan fingerprint density at radius 1 is 1.42 bits per heavy atom. The molecular formula is C16H25Cl2N5O. The van der Waals surface area contributed by atoms with E-state index in [4.69, 9.17) is 5.73 Å². The normalized spacial score (nSPS) is 14.9. The number of carbonyl (C=O) groups is 1. The Morgan fingerprint density at radius 3 is 2.62 bits per heavy atom. The van der Waals surface area contributed by atoms with Crippen LogP contribution in [0.5, 0.6) is 0 Å². The van der Waals surface area contributed by atoms with E-state index in [1.807, 2.05) is 17.7 Å². The van der Waals surface area contributed by atoms with Crippen LogP contribution in [0.3, 0.4) is 0 Å². The number of hydrogen-bond donors (Lipinski definition) is 2. The highest BCUT2D eigenvalue weighted by atomic mass is 35.5. The zero-order valence-corrected chi connectivity index (χ0v) is 15.8. The molecule has 0 aliphatic heterocycles. The van der Waals surface area contributed by atoms with Gasteiger partial charge in [0.25, 0.3) is 5.91 Å². The second kappa shape index (κ2) is 8.14. The number of amides is 1. The van der Waals surface area contributed by atoms with Crippen LogP contribution in [-0.4, -0.2) is 33.3 Å². The van der Waals surface area contributed by atoms with Crippen molar-refractivity contribution in [3.63, 3.8) is 0 Å². The number of rotatable bonds is 5. The van der Waals surface area contributed by atoms with Crippen LogP contribution < -0.4 is 11.1 Å². The van der Waals surface area contributed by atoms with Gasteiger partial charge in [0.15, 0.2) is 5.65 Å². The number of nitrogens with zero attached hydrogens (tertiary/aromatic N) is 3. The van der Waals surface area contributed by atoms with E-state index < -0.39 is 0 Å². The molecule has 8 heteroatoms. The van der Waals surface area contributed by atoms with Crippen LogP contribution in [0.25, 0.3) is 11.0 Å². The Bertz CT molecular complexity index is 712. The Kier molecular flexibility index (Phi) is 7.01. The zero-order chi connectivity index (χ0) is 15.9. The van der Waals surface area contributed by atoms with Gasteiger partial charge in [-0.25, -0.2) is 9.67 Å². The molecule has 1 unspecified atom stereocenters. The minimum atomic E-state index is -0.0912.